The molecule has 0 saturated carbocycles. The Bertz CT molecular complexity index is 719. The molecule has 2 N–H and O–H groups in total. The monoisotopic (exact) mass is 334 g/mol. The maximum Gasteiger partial charge on any atom is 0.231 e. The number of aryl methyl sites for hydroxylation is 1. The van der Waals surface area contributed by atoms with Gasteiger partial charge in [-0.1, -0.05) is 33.2 Å². The average molecular weight is 335 g/mol. The van der Waals surface area contributed by atoms with E-state index in [2.05, 4.69) is 21.1 Å². The highest BCUT2D eigenvalue weighted by Gasteiger charge is 2.19. The lowest BCUT2D eigenvalue weighted by Gasteiger charge is -2.05. The van der Waals surface area contributed by atoms with Gasteiger partial charge in [0.25, 0.3) is 0 Å². The fourth-order valence-electron chi connectivity index (χ4n) is 1.99. The molecule has 96 valence electrons. The van der Waals surface area contributed by atoms with E-state index in [0.717, 1.165) is 31.7 Å². The fraction of sp³-hybridized carbons (Fsp3) is 0.0714. The van der Waals surface area contributed by atoms with Crippen LogP contribution < -0.4 is 5.73 Å². The Kier molecular flexibility index (Phi) is 3.16. The summed E-state index contributed by atoms with van der Waals surface area (Å²) in [6.45, 7) is 2.05. The van der Waals surface area contributed by atoms with E-state index in [9.17, 15) is 0 Å². The standard InChI is InChI=1S/C14H11BrN2OS/c1-8-4-5-9(15)7-10(8)13-12(14(16)18-17-13)11-3-2-6-19-11/h2-7H,16H2,1H3. The van der Waals surface area contributed by atoms with Crippen LogP contribution in [0.3, 0.4) is 0 Å². The van der Waals surface area contributed by atoms with Gasteiger partial charge in [0, 0.05) is 14.9 Å². The molecule has 0 unspecified atom stereocenters. The van der Waals surface area contributed by atoms with Crippen molar-refractivity contribution in [3.63, 3.8) is 0 Å². The van der Waals surface area contributed by atoms with Crippen molar-refractivity contribution in [2.24, 2.45) is 0 Å². The minimum atomic E-state index is 0.358. The Morgan fingerprint density at radius 1 is 1.32 bits per heavy atom. The zero-order valence-corrected chi connectivity index (χ0v) is 12.6. The Labute approximate surface area is 123 Å². The second-order valence-electron chi connectivity index (χ2n) is 4.21. The summed E-state index contributed by atoms with van der Waals surface area (Å²) in [6.07, 6.45) is 0. The zero-order chi connectivity index (χ0) is 13.4. The van der Waals surface area contributed by atoms with Crippen molar-refractivity contribution in [1.29, 1.82) is 0 Å². The van der Waals surface area contributed by atoms with Crippen LogP contribution in [-0.2, 0) is 0 Å². The predicted octanol–water partition coefficient (Wildman–Crippen LogP) is 4.72. The van der Waals surface area contributed by atoms with E-state index in [-0.39, 0.29) is 0 Å². The van der Waals surface area contributed by atoms with Gasteiger partial charge in [0.2, 0.25) is 5.88 Å². The number of hydrogen-bond donors (Lipinski definition) is 1. The molecule has 1 aromatic carbocycles. The summed E-state index contributed by atoms with van der Waals surface area (Å²) >= 11 is 5.11. The summed E-state index contributed by atoms with van der Waals surface area (Å²) in [4.78, 5) is 1.06. The van der Waals surface area contributed by atoms with Gasteiger partial charge in [-0.25, -0.2) is 0 Å². The zero-order valence-electron chi connectivity index (χ0n) is 10.2. The molecule has 5 heteroatoms. The van der Waals surface area contributed by atoms with E-state index in [4.69, 9.17) is 10.3 Å². The lowest BCUT2D eigenvalue weighted by Crippen LogP contribution is -1.88. The van der Waals surface area contributed by atoms with Gasteiger partial charge >= 0.3 is 0 Å². The van der Waals surface area contributed by atoms with Crippen LogP contribution in [0, 0.1) is 6.92 Å². The summed E-state index contributed by atoms with van der Waals surface area (Å²) in [5, 5.41) is 6.14. The number of aromatic nitrogens is 1. The van der Waals surface area contributed by atoms with Crippen LogP contribution in [0.2, 0.25) is 0 Å². The van der Waals surface area contributed by atoms with Crippen molar-refractivity contribution in [2.75, 3.05) is 5.73 Å². The molecule has 0 aliphatic carbocycles. The summed E-state index contributed by atoms with van der Waals surface area (Å²) in [5.41, 5.74) is 9.75. The molecule has 2 aromatic heterocycles. The lowest BCUT2D eigenvalue weighted by atomic mass is 10.0. The van der Waals surface area contributed by atoms with Crippen LogP contribution in [0.15, 0.2) is 44.7 Å². The van der Waals surface area contributed by atoms with Gasteiger partial charge in [0.15, 0.2) is 0 Å². The normalized spacial score (nSPS) is 10.8. The minimum absolute atomic E-state index is 0.358. The number of rotatable bonds is 2. The largest absolute Gasteiger partial charge is 0.367 e. The van der Waals surface area contributed by atoms with E-state index in [1.54, 1.807) is 11.3 Å². The first-order chi connectivity index (χ1) is 9.16. The number of anilines is 1. The molecule has 0 saturated heterocycles. The number of halogens is 1. The molecule has 3 rings (SSSR count). The fourth-order valence-corrected chi connectivity index (χ4v) is 3.13. The molecule has 0 amide bonds. The van der Waals surface area contributed by atoms with Crippen molar-refractivity contribution >= 4 is 33.2 Å². The SMILES string of the molecule is Cc1ccc(Br)cc1-c1noc(N)c1-c1cccs1. The molecule has 0 radical (unpaired) electrons. The minimum Gasteiger partial charge on any atom is -0.367 e. The van der Waals surface area contributed by atoms with E-state index in [1.807, 2.05) is 42.6 Å². The van der Waals surface area contributed by atoms with E-state index in [0.29, 0.717) is 5.88 Å². The molecule has 3 aromatic rings. The first-order valence-electron chi connectivity index (χ1n) is 5.72. The second-order valence-corrected chi connectivity index (χ2v) is 6.07. The van der Waals surface area contributed by atoms with Crippen molar-refractivity contribution in [2.45, 2.75) is 6.92 Å². The Balaban J connectivity index is 2.24. The molecule has 0 fully saturated rings. The van der Waals surface area contributed by atoms with Crippen LogP contribution in [0.5, 0.6) is 0 Å². The number of hydrogen-bond acceptors (Lipinski definition) is 4. The molecule has 19 heavy (non-hydrogen) atoms. The van der Waals surface area contributed by atoms with Gasteiger partial charge in [0.05, 0.1) is 5.56 Å². The van der Waals surface area contributed by atoms with Gasteiger partial charge in [-0.05, 0) is 36.1 Å². The molecule has 0 atom stereocenters. The summed E-state index contributed by atoms with van der Waals surface area (Å²) in [7, 11) is 0. The summed E-state index contributed by atoms with van der Waals surface area (Å²) in [5.74, 6) is 0.358. The van der Waals surface area contributed by atoms with Crippen molar-refractivity contribution < 1.29 is 4.52 Å². The lowest BCUT2D eigenvalue weighted by molar-refractivity contribution is 0.439. The van der Waals surface area contributed by atoms with Crippen LogP contribution in [0.1, 0.15) is 5.56 Å². The summed E-state index contributed by atoms with van der Waals surface area (Å²) < 4.78 is 6.19. The van der Waals surface area contributed by atoms with E-state index in [1.165, 1.54) is 0 Å². The maximum absolute atomic E-state index is 5.92. The Morgan fingerprint density at radius 2 is 2.16 bits per heavy atom. The van der Waals surface area contributed by atoms with Crippen molar-refractivity contribution in [3.05, 3.63) is 45.7 Å². The number of nitrogen functional groups attached to an aromatic ring is 1. The van der Waals surface area contributed by atoms with Crippen LogP contribution in [-0.4, -0.2) is 5.16 Å². The molecule has 0 aliphatic heterocycles. The number of benzene rings is 1. The number of thiophene rings is 1. The first-order valence-corrected chi connectivity index (χ1v) is 7.39. The quantitative estimate of drug-likeness (QED) is 0.737. The molecule has 0 spiro atoms. The van der Waals surface area contributed by atoms with Gasteiger partial charge in [-0.15, -0.1) is 11.3 Å². The number of nitrogens with zero attached hydrogens (tertiary/aromatic N) is 1. The molecular formula is C14H11BrN2OS. The summed E-state index contributed by atoms with van der Waals surface area (Å²) in [6, 6.07) is 10.1. The second kappa shape index (κ2) is 4.83. The Morgan fingerprint density at radius 3 is 2.89 bits per heavy atom. The molecule has 3 nitrogen and oxygen atoms in total. The topological polar surface area (TPSA) is 52.0 Å². The van der Waals surface area contributed by atoms with Crippen LogP contribution >= 0.6 is 27.3 Å². The maximum atomic E-state index is 5.92. The highest BCUT2D eigenvalue weighted by molar-refractivity contribution is 9.10. The van der Waals surface area contributed by atoms with Gasteiger partial charge < -0.3 is 10.3 Å². The third kappa shape index (κ3) is 2.19. The predicted molar refractivity (Wildman–Crippen MR) is 82.1 cm³/mol. The van der Waals surface area contributed by atoms with Crippen LogP contribution in [0.4, 0.5) is 5.88 Å². The molecule has 0 bridgehead atoms. The highest BCUT2D eigenvalue weighted by atomic mass is 79.9. The van der Waals surface area contributed by atoms with Gasteiger partial charge in [-0.2, -0.15) is 0 Å². The van der Waals surface area contributed by atoms with Gasteiger partial charge in [0.1, 0.15) is 5.69 Å². The molecule has 2 heterocycles. The van der Waals surface area contributed by atoms with Crippen LogP contribution in [0.25, 0.3) is 21.7 Å². The van der Waals surface area contributed by atoms with Crippen molar-refractivity contribution in [3.8, 4) is 21.7 Å². The van der Waals surface area contributed by atoms with E-state index >= 15 is 0 Å². The average Bonchev–Trinajstić information content (AvgIpc) is 3.01. The van der Waals surface area contributed by atoms with Crippen molar-refractivity contribution in [1.82, 2.24) is 5.16 Å². The van der Waals surface area contributed by atoms with Gasteiger partial charge in [-0.3, -0.25) is 0 Å². The first kappa shape index (κ1) is 12.4. The third-order valence-electron chi connectivity index (χ3n) is 2.94. The molecular weight excluding hydrogens is 324 g/mol. The third-order valence-corrected chi connectivity index (χ3v) is 4.32. The molecule has 0 aliphatic rings. The van der Waals surface area contributed by atoms with E-state index < -0.39 is 0 Å². The smallest absolute Gasteiger partial charge is 0.231 e. The Hall–Kier alpha value is -1.59. The number of nitrogens with two attached hydrogens (primary N) is 1. The highest BCUT2D eigenvalue weighted by Crippen LogP contribution is 2.40.